The Hall–Kier alpha value is -0.640. The Bertz CT molecular complexity index is 281. The molecule has 1 aromatic rings. The van der Waals surface area contributed by atoms with Crippen LogP contribution >= 0.6 is 11.6 Å². The zero-order valence-corrected chi connectivity index (χ0v) is 9.21. The Morgan fingerprint density at radius 2 is 2.43 bits per heavy atom. The number of hydrogen-bond donors (Lipinski definition) is 1. The quantitative estimate of drug-likeness (QED) is 0.760. The lowest BCUT2D eigenvalue weighted by Gasteiger charge is -2.12. The van der Waals surface area contributed by atoms with Gasteiger partial charge in [0.05, 0.1) is 6.61 Å². The lowest BCUT2D eigenvalue weighted by molar-refractivity contribution is 0.171. The number of halogens is 1. The summed E-state index contributed by atoms with van der Waals surface area (Å²) in [5.74, 6) is 0. The second-order valence-electron chi connectivity index (χ2n) is 3.19. The van der Waals surface area contributed by atoms with Crippen molar-refractivity contribution in [2.75, 3.05) is 13.7 Å². The van der Waals surface area contributed by atoms with Crippen LogP contribution in [0.3, 0.4) is 0 Å². The van der Waals surface area contributed by atoms with E-state index in [1.165, 1.54) is 0 Å². The van der Waals surface area contributed by atoms with E-state index < -0.39 is 0 Å². The van der Waals surface area contributed by atoms with E-state index >= 15 is 0 Å². The fourth-order valence-electron chi connectivity index (χ4n) is 1.14. The van der Waals surface area contributed by atoms with Crippen molar-refractivity contribution >= 4 is 11.6 Å². The van der Waals surface area contributed by atoms with Gasteiger partial charge in [0.15, 0.2) is 0 Å². The van der Waals surface area contributed by atoms with Gasteiger partial charge in [0.25, 0.3) is 0 Å². The third-order valence-electron chi connectivity index (χ3n) is 1.89. The summed E-state index contributed by atoms with van der Waals surface area (Å²) in [6.45, 7) is 3.48. The number of pyridine rings is 1. The maximum atomic E-state index is 5.90. The highest BCUT2D eigenvalue weighted by atomic mass is 35.5. The number of aromatic nitrogens is 1. The lowest BCUT2D eigenvalue weighted by Crippen LogP contribution is -2.29. The number of nitrogens with zero attached hydrogens (tertiary/aromatic N) is 1. The second kappa shape index (κ2) is 5.96. The minimum Gasteiger partial charge on any atom is -0.383 e. The fraction of sp³-hybridized carbons (Fsp3) is 0.500. The minimum atomic E-state index is 0.316. The number of hydrogen-bond acceptors (Lipinski definition) is 3. The first-order chi connectivity index (χ1) is 6.74. The van der Waals surface area contributed by atoms with E-state index in [0.29, 0.717) is 17.8 Å². The lowest BCUT2D eigenvalue weighted by atomic mass is 10.2. The smallest absolute Gasteiger partial charge is 0.133 e. The molecule has 1 heterocycles. The van der Waals surface area contributed by atoms with Crippen LogP contribution in [0.2, 0.25) is 5.15 Å². The van der Waals surface area contributed by atoms with Crippen molar-refractivity contribution in [3.8, 4) is 0 Å². The van der Waals surface area contributed by atoms with Crippen molar-refractivity contribution in [3.05, 3.63) is 29.0 Å². The molecule has 3 nitrogen and oxygen atoms in total. The third kappa shape index (κ3) is 3.62. The molecule has 78 valence electrons. The van der Waals surface area contributed by atoms with E-state index in [4.69, 9.17) is 16.3 Å². The summed E-state index contributed by atoms with van der Waals surface area (Å²) < 4.78 is 5.01. The molecule has 14 heavy (non-hydrogen) atoms. The first-order valence-corrected chi connectivity index (χ1v) is 4.93. The molecule has 1 atom stereocenters. The van der Waals surface area contributed by atoms with Crippen LogP contribution in [0, 0.1) is 0 Å². The number of nitrogens with one attached hydrogen (secondary N) is 1. The van der Waals surface area contributed by atoms with Crippen molar-refractivity contribution in [3.63, 3.8) is 0 Å². The predicted octanol–water partition coefficient (Wildman–Crippen LogP) is 1.86. The number of methoxy groups -OCH3 is 1. The van der Waals surface area contributed by atoms with Gasteiger partial charge in [-0.15, -0.1) is 0 Å². The normalized spacial score (nSPS) is 12.8. The molecule has 0 bridgehead atoms. The summed E-state index contributed by atoms with van der Waals surface area (Å²) in [5.41, 5.74) is 1.01. The summed E-state index contributed by atoms with van der Waals surface area (Å²) >= 11 is 5.90. The molecule has 0 amide bonds. The van der Waals surface area contributed by atoms with Crippen molar-refractivity contribution < 1.29 is 4.74 Å². The largest absolute Gasteiger partial charge is 0.383 e. The van der Waals surface area contributed by atoms with Gasteiger partial charge in [-0.2, -0.15) is 0 Å². The molecule has 0 aliphatic carbocycles. The Balaban J connectivity index is 2.41. The highest BCUT2D eigenvalue weighted by Crippen LogP contribution is 2.10. The second-order valence-corrected chi connectivity index (χ2v) is 3.55. The Morgan fingerprint density at radius 3 is 3.07 bits per heavy atom. The van der Waals surface area contributed by atoms with Gasteiger partial charge in [-0.3, -0.25) is 0 Å². The molecule has 0 aliphatic rings. The van der Waals surface area contributed by atoms with Crippen molar-refractivity contribution in [1.29, 1.82) is 0 Å². The van der Waals surface area contributed by atoms with Crippen molar-refractivity contribution in [2.45, 2.75) is 19.5 Å². The van der Waals surface area contributed by atoms with E-state index in [2.05, 4.69) is 17.2 Å². The molecule has 1 aromatic heterocycles. The van der Waals surface area contributed by atoms with Gasteiger partial charge in [-0.1, -0.05) is 17.7 Å². The maximum absolute atomic E-state index is 5.90. The predicted molar refractivity (Wildman–Crippen MR) is 57.4 cm³/mol. The van der Waals surface area contributed by atoms with Crippen molar-refractivity contribution in [2.24, 2.45) is 0 Å². The van der Waals surface area contributed by atoms with Gasteiger partial charge >= 0.3 is 0 Å². The molecule has 0 aliphatic heterocycles. The molecule has 4 heteroatoms. The SMILES string of the molecule is COCC(C)NCc1cccnc1Cl. The maximum Gasteiger partial charge on any atom is 0.133 e. The van der Waals surface area contributed by atoms with Crippen LogP contribution < -0.4 is 5.32 Å². The fourth-order valence-corrected chi connectivity index (χ4v) is 1.33. The van der Waals surface area contributed by atoms with E-state index in [0.717, 1.165) is 12.1 Å². The molecule has 0 saturated carbocycles. The van der Waals surface area contributed by atoms with Crippen LogP contribution in [-0.2, 0) is 11.3 Å². The van der Waals surface area contributed by atoms with Gasteiger partial charge < -0.3 is 10.1 Å². The van der Waals surface area contributed by atoms with Crippen LogP contribution in [0.4, 0.5) is 0 Å². The van der Waals surface area contributed by atoms with Crippen LogP contribution in [0.5, 0.6) is 0 Å². The average molecular weight is 215 g/mol. The van der Waals surface area contributed by atoms with Crippen LogP contribution in [0.25, 0.3) is 0 Å². The summed E-state index contributed by atoms with van der Waals surface area (Å²) in [7, 11) is 1.69. The molecule has 1 unspecified atom stereocenters. The molecular formula is C10H15ClN2O. The van der Waals surface area contributed by atoms with Crippen LogP contribution in [0.1, 0.15) is 12.5 Å². The van der Waals surface area contributed by atoms with Gasteiger partial charge in [-0.25, -0.2) is 4.98 Å². The van der Waals surface area contributed by atoms with Gasteiger partial charge in [0.2, 0.25) is 0 Å². The number of ether oxygens (including phenoxy) is 1. The van der Waals surface area contributed by atoms with Crippen LogP contribution in [0.15, 0.2) is 18.3 Å². The first-order valence-electron chi connectivity index (χ1n) is 4.55. The highest BCUT2D eigenvalue weighted by Gasteiger charge is 2.03. The molecule has 0 fully saturated rings. The first kappa shape index (κ1) is 11.4. The summed E-state index contributed by atoms with van der Waals surface area (Å²) in [5, 5.41) is 3.85. The molecule has 1 N–H and O–H groups in total. The summed E-state index contributed by atoms with van der Waals surface area (Å²) in [6.07, 6.45) is 1.68. The topological polar surface area (TPSA) is 34.1 Å². The van der Waals surface area contributed by atoms with E-state index in [1.807, 2.05) is 12.1 Å². The summed E-state index contributed by atoms with van der Waals surface area (Å²) in [6, 6.07) is 4.16. The van der Waals surface area contributed by atoms with E-state index in [-0.39, 0.29) is 0 Å². The summed E-state index contributed by atoms with van der Waals surface area (Å²) in [4.78, 5) is 4.00. The standard InChI is InChI=1S/C10H15ClN2O/c1-8(7-14-2)13-6-9-4-3-5-12-10(9)11/h3-5,8,13H,6-7H2,1-2H3. The molecule has 0 aromatic carbocycles. The Morgan fingerprint density at radius 1 is 1.64 bits per heavy atom. The molecule has 0 radical (unpaired) electrons. The zero-order valence-electron chi connectivity index (χ0n) is 8.46. The zero-order chi connectivity index (χ0) is 10.4. The van der Waals surface area contributed by atoms with Crippen molar-refractivity contribution in [1.82, 2.24) is 10.3 Å². The van der Waals surface area contributed by atoms with E-state index in [9.17, 15) is 0 Å². The molecular weight excluding hydrogens is 200 g/mol. The van der Waals surface area contributed by atoms with Crippen LogP contribution in [-0.4, -0.2) is 24.7 Å². The average Bonchev–Trinajstić information content (AvgIpc) is 2.17. The monoisotopic (exact) mass is 214 g/mol. The molecule has 0 spiro atoms. The van der Waals surface area contributed by atoms with Gasteiger partial charge in [-0.05, 0) is 13.0 Å². The third-order valence-corrected chi connectivity index (χ3v) is 2.23. The highest BCUT2D eigenvalue weighted by molar-refractivity contribution is 6.30. The minimum absolute atomic E-state index is 0.316. The van der Waals surface area contributed by atoms with Gasteiger partial charge in [0, 0.05) is 31.5 Å². The molecule has 0 saturated heterocycles. The van der Waals surface area contributed by atoms with Gasteiger partial charge in [0.1, 0.15) is 5.15 Å². The van der Waals surface area contributed by atoms with E-state index in [1.54, 1.807) is 13.3 Å². The number of rotatable bonds is 5. The Kier molecular flexibility index (Phi) is 4.87. The Labute approximate surface area is 89.4 Å². The molecule has 1 rings (SSSR count).